The van der Waals surface area contributed by atoms with Gasteiger partial charge in [0.25, 0.3) is 5.91 Å². The van der Waals surface area contributed by atoms with E-state index in [-0.39, 0.29) is 11.7 Å². The van der Waals surface area contributed by atoms with Crippen LogP contribution in [0.4, 0.5) is 0 Å². The molecule has 2 fully saturated rings. The van der Waals surface area contributed by atoms with Crippen molar-refractivity contribution in [1.29, 1.82) is 0 Å². The van der Waals surface area contributed by atoms with E-state index in [1.165, 1.54) is 12.2 Å². The fourth-order valence-corrected chi connectivity index (χ4v) is 4.17. The summed E-state index contributed by atoms with van der Waals surface area (Å²) in [5.41, 5.74) is 1.47. The van der Waals surface area contributed by atoms with Gasteiger partial charge in [-0.1, -0.05) is 17.7 Å². The second-order valence-electron chi connectivity index (χ2n) is 6.71. The van der Waals surface area contributed by atoms with Crippen LogP contribution in [0.25, 0.3) is 0 Å². The minimum absolute atomic E-state index is 0.0973. The highest BCUT2D eigenvalue weighted by atomic mass is 35.5. The number of hydroxylamine groups is 4. The number of carbonyl (C=O) groups is 2. The smallest absolute Gasteiger partial charge is 0.262 e. The summed E-state index contributed by atoms with van der Waals surface area (Å²) in [6.07, 6.45) is 0.975. The molecular weight excluding hydrogens is 344 g/mol. The lowest BCUT2D eigenvalue weighted by atomic mass is 9.80. The molecule has 2 saturated heterocycles. The Labute approximate surface area is 152 Å². The fourth-order valence-electron chi connectivity index (χ4n) is 3.95. The molecule has 1 spiro atoms. The molecule has 25 heavy (non-hydrogen) atoms. The first kappa shape index (κ1) is 18.3. The molecule has 1 atom stereocenters. The number of piperidine rings is 1. The molecule has 2 aliphatic heterocycles. The largest absolute Gasteiger partial charge is 0.302 e. The number of amides is 1. The number of aryl methyl sites for hydroxylation is 2. The SMILES string of the molecule is CON1CCC2(CC1)C(=O)C(c1cc(C)c(Cl)cc1C)C(=O)N2OC. The fraction of sp³-hybridized carbons (Fsp3) is 0.556. The van der Waals surface area contributed by atoms with Crippen LogP contribution in [0.1, 0.15) is 35.4 Å². The Balaban J connectivity index is 2.02. The normalized spacial score (nSPS) is 23.7. The first-order chi connectivity index (χ1) is 11.9. The molecule has 2 aliphatic rings. The monoisotopic (exact) mass is 366 g/mol. The molecule has 3 rings (SSSR count). The maximum absolute atomic E-state index is 13.4. The van der Waals surface area contributed by atoms with Gasteiger partial charge in [0.1, 0.15) is 11.5 Å². The van der Waals surface area contributed by atoms with E-state index in [0.717, 1.165) is 11.1 Å². The van der Waals surface area contributed by atoms with Gasteiger partial charge in [0, 0.05) is 18.1 Å². The molecule has 0 radical (unpaired) electrons. The minimum Gasteiger partial charge on any atom is -0.302 e. The number of carbonyl (C=O) groups excluding carboxylic acids is 2. The molecule has 6 nitrogen and oxygen atoms in total. The molecule has 1 unspecified atom stereocenters. The van der Waals surface area contributed by atoms with Crippen molar-refractivity contribution in [2.75, 3.05) is 27.3 Å². The van der Waals surface area contributed by atoms with Gasteiger partial charge in [0.2, 0.25) is 0 Å². The van der Waals surface area contributed by atoms with E-state index >= 15 is 0 Å². The molecule has 1 aromatic carbocycles. The number of hydrogen-bond donors (Lipinski definition) is 0. The zero-order valence-corrected chi connectivity index (χ0v) is 15.7. The summed E-state index contributed by atoms with van der Waals surface area (Å²) in [6.45, 7) is 4.88. The minimum atomic E-state index is -0.925. The highest BCUT2D eigenvalue weighted by molar-refractivity contribution is 6.31. The van der Waals surface area contributed by atoms with E-state index in [1.807, 2.05) is 26.0 Å². The number of hydrogen-bond acceptors (Lipinski definition) is 5. The molecule has 0 aliphatic carbocycles. The standard InChI is InChI=1S/C18H23ClN2O4/c1-11-10-14(19)12(2)9-13(11)15-16(22)18(21(25-4)17(15)23)5-7-20(24-3)8-6-18/h9-10,15H,5-8H2,1-4H3. The second-order valence-corrected chi connectivity index (χ2v) is 7.12. The first-order valence-corrected chi connectivity index (χ1v) is 8.71. The average Bonchev–Trinajstić information content (AvgIpc) is 2.79. The van der Waals surface area contributed by atoms with Gasteiger partial charge in [0.05, 0.1) is 14.2 Å². The maximum Gasteiger partial charge on any atom is 0.262 e. The van der Waals surface area contributed by atoms with Crippen molar-refractivity contribution >= 4 is 23.3 Å². The van der Waals surface area contributed by atoms with Crippen molar-refractivity contribution in [2.45, 2.75) is 38.1 Å². The summed E-state index contributed by atoms with van der Waals surface area (Å²) in [4.78, 5) is 37.0. The summed E-state index contributed by atoms with van der Waals surface area (Å²) in [5, 5.41) is 3.71. The maximum atomic E-state index is 13.4. The predicted molar refractivity (Wildman–Crippen MR) is 93.1 cm³/mol. The van der Waals surface area contributed by atoms with Crippen molar-refractivity contribution in [2.24, 2.45) is 0 Å². The molecule has 1 aromatic rings. The van der Waals surface area contributed by atoms with Gasteiger partial charge in [-0.3, -0.25) is 14.4 Å². The third-order valence-electron chi connectivity index (χ3n) is 5.41. The number of benzene rings is 1. The summed E-state index contributed by atoms with van der Waals surface area (Å²) >= 11 is 6.17. The number of Topliss-reactive ketones (excluding diaryl/α,β-unsaturated/α-hetero) is 1. The van der Waals surface area contributed by atoms with Gasteiger partial charge in [-0.05, 0) is 49.4 Å². The van der Waals surface area contributed by atoms with E-state index in [9.17, 15) is 9.59 Å². The van der Waals surface area contributed by atoms with Crippen LogP contribution in [-0.2, 0) is 19.3 Å². The van der Waals surface area contributed by atoms with E-state index in [4.69, 9.17) is 21.3 Å². The molecule has 2 heterocycles. The van der Waals surface area contributed by atoms with Gasteiger partial charge >= 0.3 is 0 Å². The summed E-state index contributed by atoms with van der Waals surface area (Å²) < 4.78 is 0. The highest BCUT2D eigenvalue weighted by Gasteiger charge is 2.60. The Morgan fingerprint density at radius 1 is 1.08 bits per heavy atom. The summed E-state index contributed by atoms with van der Waals surface area (Å²) in [7, 11) is 3.05. The Bertz CT molecular complexity index is 713. The summed E-state index contributed by atoms with van der Waals surface area (Å²) in [6, 6.07) is 3.65. The molecule has 0 N–H and O–H groups in total. The Morgan fingerprint density at radius 3 is 2.28 bits per heavy atom. The van der Waals surface area contributed by atoms with Crippen LogP contribution in [0.15, 0.2) is 12.1 Å². The third kappa shape index (κ3) is 2.77. The number of nitrogens with zero attached hydrogens (tertiary/aromatic N) is 2. The highest BCUT2D eigenvalue weighted by Crippen LogP contribution is 2.44. The number of halogens is 1. The molecule has 0 bridgehead atoms. The van der Waals surface area contributed by atoms with Crippen molar-refractivity contribution in [3.63, 3.8) is 0 Å². The van der Waals surface area contributed by atoms with Crippen molar-refractivity contribution < 1.29 is 19.3 Å². The van der Waals surface area contributed by atoms with E-state index < -0.39 is 11.5 Å². The van der Waals surface area contributed by atoms with Crippen LogP contribution in [-0.4, -0.2) is 54.7 Å². The van der Waals surface area contributed by atoms with Gasteiger partial charge in [-0.15, -0.1) is 0 Å². The second kappa shape index (κ2) is 6.68. The Hall–Kier alpha value is -1.47. The van der Waals surface area contributed by atoms with Crippen LogP contribution in [0.3, 0.4) is 0 Å². The van der Waals surface area contributed by atoms with Crippen molar-refractivity contribution in [3.05, 3.63) is 33.8 Å². The predicted octanol–water partition coefficient (Wildman–Crippen LogP) is 2.41. The van der Waals surface area contributed by atoms with Crippen LogP contribution < -0.4 is 0 Å². The average molecular weight is 367 g/mol. The quantitative estimate of drug-likeness (QED) is 0.769. The van der Waals surface area contributed by atoms with E-state index in [2.05, 4.69) is 0 Å². The lowest BCUT2D eigenvalue weighted by molar-refractivity contribution is -0.219. The molecule has 0 saturated carbocycles. The van der Waals surface area contributed by atoms with Crippen molar-refractivity contribution in [1.82, 2.24) is 10.1 Å². The third-order valence-corrected chi connectivity index (χ3v) is 5.81. The summed E-state index contributed by atoms with van der Waals surface area (Å²) in [5.74, 6) is -1.24. The van der Waals surface area contributed by atoms with Gasteiger partial charge in [-0.25, -0.2) is 5.06 Å². The lowest BCUT2D eigenvalue weighted by Crippen LogP contribution is -2.55. The van der Waals surface area contributed by atoms with Gasteiger partial charge in [-0.2, -0.15) is 5.06 Å². The zero-order valence-electron chi connectivity index (χ0n) is 15.0. The number of ketones is 1. The molecule has 1 amide bonds. The van der Waals surface area contributed by atoms with Crippen LogP contribution in [0, 0.1) is 13.8 Å². The Kier molecular flexibility index (Phi) is 4.90. The topological polar surface area (TPSA) is 59.1 Å². The first-order valence-electron chi connectivity index (χ1n) is 8.34. The zero-order chi connectivity index (χ0) is 18.4. The molecule has 7 heteroatoms. The van der Waals surface area contributed by atoms with Crippen LogP contribution in [0.5, 0.6) is 0 Å². The van der Waals surface area contributed by atoms with E-state index in [0.29, 0.717) is 36.5 Å². The lowest BCUT2D eigenvalue weighted by Gasteiger charge is -2.40. The van der Waals surface area contributed by atoms with Crippen LogP contribution >= 0.6 is 11.6 Å². The molecule has 0 aromatic heterocycles. The van der Waals surface area contributed by atoms with Crippen molar-refractivity contribution in [3.8, 4) is 0 Å². The van der Waals surface area contributed by atoms with Crippen LogP contribution in [0.2, 0.25) is 5.02 Å². The molecular formula is C18H23ClN2O4. The number of rotatable bonds is 3. The Morgan fingerprint density at radius 2 is 1.72 bits per heavy atom. The van der Waals surface area contributed by atoms with Gasteiger partial charge in [0.15, 0.2) is 5.78 Å². The van der Waals surface area contributed by atoms with E-state index in [1.54, 1.807) is 12.2 Å². The molecule has 136 valence electrons. The van der Waals surface area contributed by atoms with Gasteiger partial charge < -0.3 is 4.84 Å².